The summed E-state index contributed by atoms with van der Waals surface area (Å²) in [7, 11) is 0. The van der Waals surface area contributed by atoms with Crippen LogP contribution in [0, 0.1) is 23.2 Å². The maximum absolute atomic E-state index is 13.4. The van der Waals surface area contributed by atoms with Gasteiger partial charge in [-0.05, 0) is 95.9 Å². The van der Waals surface area contributed by atoms with Crippen LogP contribution in [0.15, 0.2) is 54.6 Å². The molecule has 3 aromatic carbocycles. The summed E-state index contributed by atoms with van der Waals surface area (Å²) in [4.78, 5) is 0. The molecule has 29 heavy (non-hydrogen) atoms. The number of rotatable bonds is 8. The van der Waals surface area contributed by atoms with Crippen LogP contribution in [0.25, 0.3) is 0 Å². The van der Waals surface area contributed by atoms with Crippen LogP contribution in [-0.2, 0) is 13.2 Å². The van der Waals surface area contributed by atoms with Crippen molar-refractivity contribution in [1.82, 2.24) is 0 Å². The standard InChI is InChI=1S/C24H25FINO2/c1-4-28-23-13-19(14-27-22-10-16(2)8-9-17(22)3)12-21(26)24(23)29-15-18-6-5-7-20(25)11-18/h5-13,27H,4,14-15H2,1-3H3. The summed E-state index contributed by atoms with van der Waals surface area (Å²) in [6.07, 6.45) is 0. The van der Waals surface area contributed by atoms with E-state index in [1.165, 1.54) is 23.3 Å². The fourth-order valence-electron chi connectivity index (χ4n) is 3.03. The topological polar surface area (TPSA) is 30.5 Å². The van der Waals surface area contributed by atoms with Crippen LogP contribution in [0.3, 0.4) is 0 Å². The third-order valence-corrected chi connectivity index (χ3v) is 5.32. The third-order valence-electron chi connectivity index (χ3n) is 4.52. The smallest absolute Gasteiger partial charge is 0.174 e. The highest BCUT2D eigenvalue weighted by Gasteiger charge is 2.13. The van der Waals surface area contributed by atoms with Gasteiger partial charge in [-0.1, -0.05) is 24.3 Å². The molecule has 0 saturated carbocycles. The first-order valence-electron chi connectivity index (χ1n) is 9.60. The predicted octanol–water partition coefficient (Wildman–Crippen LogP) is 6.64. The second-order valence-electron chi connectivity index (χ2n) is 6.93. The lowest BCUT2D eigenvalue weighted by atomic mass is 10.1. The minimum atomic E-state index is -0.265. The van der Waals surface area contributed by atoms with Crippen LogP contribution < -0.4 is 14.8 Å². The average molecular weight is 505 g/mol. The van der Waals surface area contributed by atoms with Crippen LogP contribution in [0.5, 0.6) is 11.5 Å². The zero-order valence-corrected chi connectivity index (χ0v) is 19.0. The molecule has 5 heteroatoms. The number of hydrogen-bond acceptors (Lipinski definition) is 3. The molecule has 1 N–H and O–H groups in total. The van der Waals surface area contributed by atoms with E-state index >= 15 is 0 Å². The molecule has 0 spiro atoms. The Balaban J connectivity index is 1.77. The molecule has 0 aliphatic heterocycles. The fourth-order valence-corrected chi connectivity index (χ4v) is 3.85. The molecular weight excluding hydrogens is 480 g/mol. The molecule has 0 saturated heterocycles. The lowest BCUT2D eigenvalue weighted by molar-refractivity contribution is 0.267. The van der Waals surface area contributed by atoms with Gasteiger partial charge in [-0.15, -0.1) is 0 Å². The van der Waals surface area contributed by atoms with Gasteiger partial charge in [0.2, 0.25) is 0 Å². The summed E-state index contributed by atoms with van der Waals surface area (Å²) >= 11 is 2.26. The highest BCUT2D eigenvalue weighted by molar-refractivity contribution is 14.1. The van der Waals surface area contributed by atoms with Crippen molar-refractivity contribution in [1.29, 1.82) is 0 Å². The first kappa shape index (κ1) is 21.4. The molecule has 0 aliphatic carbocycles. The Morgan fingerprint density at radius 3 is 2.55 bits per heavy atom. The number of aryl methyl sites for hydroxylation is 2. The minimum Gasteiger partial charge on any atom is -0.490 e. The molecule has 0 bridgehead atoms. The number of ether oxygens (including phenoxy) is 2. The Kier molecular flexibility index (Phi) is 7.36. The molecule has 0 radical (unpaired) electrons. The Morgan fingerprint density at radius 1 is 0.966 bits per heavy atom. The Bertz CT molecular complexity index is 991. The van der Waals surface area contributed by atoms with Crippen molar-refractivity contribution in [3.05, 3.63) is 86.2 Å². The highest BCUT2D eigenvalue weighted by atomic mass is 127. The van der Waals surface area contributed by atoms with Gasteiger partial charge < -0.3 is 14.8 Å². The van der Waals surface area contributed by atoms with Crippen LogP contribution in [0.2, 0.25) is 0 Å². The van der Waals surface area contributed by atoms with Gasteiger partial charge >= 0.3 is 0 Å². The lowest BCUT2D eigenvalue weighted by Gasteiger charge is -2.17. The third kappa shape index (κ3) is 5.85. The van der Waals surface area contributed by atoms with Gasteiger partial charge in [-0.25, -0.2) is 4.39 Å². The molecule has 3 nitrogen and oxygen atoms in total. The monoisotopic (exact) mass is 505 g/mol. The van der Waals surface area contributed by atoms with E-state index in [9.17, 15) is 4.39 Å². The largest absolute Gasteiger partial charge is 0.490 e. The van der Waals surface area contributed by atoms with Crippen molar-refractivity contribution >= 4 is 28.3 Å². The van der Waals surface area contributed by atoms with Crippen molar-refractivity contribution in [3.63, 3.8) is 0 Å². The van der Waals surface area contributed by atoms with Gasteiger partial charge in [0.15, 0.2) is 11.5 Å². The van der Waals surface area contributed by atoms with Crippen molar-refractivity contribution in [3.8, 4) is 11.5 Å². The van der Waals surface area contributed by atoms with Gasteiger partial charge in [0.25, 0.3) is 0 Å². The Morgan fingerprint density at radius 2 is 1.79 bits per heavy atom. The van der Waals surface area contributed by atoms with Gasteiger partial charge in [0, 0.05) is 12.2 Å². The molecular formula is C24H25FINO2. The van der Waals surface area contributed by atoms with E-state index in [0.29, 0.717) is 24.7 Å². The summed E-state index contributed by atoms with van der Waals surface area (Å²) in [6.45, 7) is 7.65. The first-order valence-corrected chi connectivity index (χ1v) is 10.7. The normalized spacial score (nSPS) is 10.7. The van der Waals surface area contributed by atoms with Gasteiger partial charge in [0.1, 0.15) is 12.4 Å². The van der Waals surface area contributed by atoms with E-state index in [2.05, 4.69) is 66.0 Å². The van der Waals surface area contributed by atoms with E-state index in [4.69, 9.17) is 9.47 Å². The number of halogens is 2. The van der Waals surface area contributed by atoms with Gasteiger partial charge in [-0.3, -0.25) is 0 Å². The number of nitrogens with one attached hydrogen (secondary N) is 1. The zero-order chi connectivity index (χ0) is 20.8. The van der Waals surface area contributed by atoms with E-state index in [1.54, 1.807) is 6.07 Å². The summed E-state index contributed by atoms with van der Waals surface area (Å²) in [5.74, 6) is 1.12. The summed E-state index contributed by atoms with van der Waals surface area (Å²) in [6, 6.07) is 16.9. The maximum Gasteiger partial charge on any atom is 0.174 e. The first-order chi connectivity index (χ1) is 14.0. The van der Waals surface area contributed by atoms with Crippen molar-refractivity contribution in [2.45, 2.75) is 33.9 Å². The molecule has 0 aromatic heterocycles. The quantitative estimate of drug-likeness (QED) is 0.349. The summed E-state index contributed by atoms with van der Waals surface area (Å²) < 4.78 is 26.2. The number of hydrogen-bond donors (Lipinski definition) is 1. The minimum absolute atomic E-state index is 0.265. The molecule has 3 aromatic rings. The van der Waals surface area contributed by atoms with Crippen LogP contribution in [0.4, 0.5) is 10.1 Å². The van der Waals surface area contributed by atoms with Gasteiger partial charge in [-0.2, -0.15) is 0 Å². The molecule has 0 heterocycles. The van der Waals surface area contributed by atoms with Gasteiger partial charge in [0.05, 0.1) is 10.2 Å². The average Bonchev–Trinajstić information content (AvgIpc) is 2.68. The van der Waals surface area contributed by atoms with Crippen LogP contribution in [0.1, 0.15) is 29.2 Å². The van der Waals surface area contributed by atoms with E-state index < -0.39 is 0 Å². The van der Waals surface area contributed by atoms with Crippen LogP contribution >= 0.6 is 22.6 Å². The lowest BCUT2D eigenvalue weighted by Crippen LogP contribution is -2.05. The zero-order valence-electron chi connectivity index (χ0n) is 16.9. The second kappa shape index (κ2) is 9.96. The van der Waals surface area contributed by atoms with Crippen LogP contribution in [-0.4, -0.2) is 6.61 Å². The second-order valence-corrected chi connectivity index (χ2v) is 8.09. The molecule has 3 rings (SSSR count). The van der Waals surface area contributed by atoms with Crippen molar-refractivity contribution in [2.24, 2.45) is 0 Å². The maximum atomic E-state index is 13.4. The molecule has 152 valence electrons. The predicted molar refractivity (Wildman–Crippen MR) is 124 cm³/mol. The Labute approximate surface area is 185 Å². The van der Waals surface area contributed by atoms with E-state index in [0.717, 1.165) is 20.4 Å². The number of benzene rings is 3. The molecule has 0 aliphatic rings. The van der Waals surface area contributed by atoms with Crippen molar-refractivity contribution < 1.29 is 13.9 Å². The van der Waals surface area contributed by atoms with E-state index in [-0.39, 0.29) is 12.4 Å². The Hall–Kier alpha value is -2.28. The highest BCUT2D eigenvalue weighted by Crippen LogP contribution is 2.35. The molecule has 0 amide bonds. The number of anilines is 1. The molecule has 0 unspecified atom stereocenters. The van der Waals surface area contributed by atoms with E-state index in [1.807, 2.05) is 19.1 Å². The molecule has 0 fully saturated rings. The summed E-state index contributed by atoms with van der Waals surface area (Å²) in [5, 5.41) is 3.51. The van der Waals surface area contributed by atoms with Crippen molar-refractivity contribution in [2.75, 3.05) is 11.9 Å². The fraction of sp³-hybridized carbons (Fsp3) is 0.250. The SMILES string of the molecule is CCOc1cc(CNc2cc(C)ccc2C)cc(I)c1OCc1cccc(F)c1. The molecule has 0 atom stereocenters. The summed E-state index contributed by atoms with van der Waals surface area (Å²) in [5.41, 5.74) is 5.46.